The van der Waals surface area contributed by atoms with Gasteiger partial charge < -0.3 is 24.8 Å². The number of para-hydroxylation sites is 2. The Hall–Kier alpha value is -2.16. The Bertz CT molecular complexity index is 755. The lowest BCUT2D eigenvalue weighted by Crippen LogP contribution is -2.45. The van der Waals surface area contributed by atoms with E-state index in [-0.39, 0.29) is 30.1 Å². The first kappa shape index (κ1) is 21.1. The summed E-state index contributed by atoms with van der Waals surface area (Å²) in [4.78, 5) is 4.26. The molecule has 7 heteroatoms. The minimum Gasteiger partial charge on any atom is -0.494 e. The van der Waals surface area contributed by atoms with Crippen molar-refractivity contribution in [3.05, 3.63) is 54.1 Å². The minimum atomic E-state index is -0.0651. The van der Waals surface area contributed by atoms with Gasteiger partial charge in [-0.15, -0.1) is 24.0 Å². The summed E-state index contributed by atoms with van der Waals surface area (Å²) in [6, 6.07) is 15.7. The van der Waals surface area contributed by atoms with E-state index in [1.54, 1.807) is 7.05 Å². The highest BCUT2D eigenvalue weighted by Crippen LogP contribution is 2.30. The van der Waals surface area contributed by atoms with Crippen LogP contribution < -0.4 is 24.8 Å². The maximum Gasteiger partial charge on any atom is 0.191 e. The lowest BCUT2D eigenvalue weighted by molar-refractivity contribution is 0.0936. The molecule has 1 unspecified atom stereocenters. The fraction of sp³-hybridized carbons (Fsp3) is 0.350. The summed E-state index contributed by atoms with van der Waals surface area (Å²) in [6.07, 6.45) is -0.0651. The third-order valence-electron chi connectivity index (χ3n) is 3.96. The zero-order valence-electron chi connectivity index (χ0n) is 15.6. The van der Waals surface area contributed by atoms with Gasteiger partial charge in [-0.1, -0.05) is 24.3 Å². The van der Waals surface area contributed by atoms with Gasteiger partial charge in [0.25, 0.3) is 0 Å². The van der Waals surface area contributed by atoms with Gasteiger partial charge in [-0.05, 0) is 36.8 Å². The third-order valence-corrected chi connectivity index (χ3v) is 3.96. The molecular weight excluding hydrogens is 457 g/mol. The summed E-state index contributed by atoms with van der Waals surface area (Å²) in [6.45, 7) is 4.41. The lowest BCUT2D eigenvalue weighted by Gasteiger charge is -2.27. The van der Waals surface area contributed by atoms with Crippen molar-refractivity contribution < 1.29 is 14.2 Å². The number of nitrogens with zero attached hydrogens (tertiary/aromatic N) is 1. The first-order valence-electron chi connectivity index (χ1n) is 8.83. The van der Waals surface area contributed by atoms with Crippen LogP contribution in [0.25, 0.3) is 0 Å². The van der Waals surface area contributed by atoms with Crippen LogP contribution in [-0.4, -0.2) is 38.9 Å². The number of hydrogen-bond acceptors (Lipinski definition) is 4. The Balaban J connectivity index is 0.00000261. The number of ether oxygens (including phenoxy) is 3. The van der Waals surface area contributed by atoms with Crippen LogP contribution in [0.2, 0.25) is 0 Å². The van der Waals surface area contributed by atoms with Crippen molar-refractivity contribution in [1.29, 1.82) is 0 Å². The molecule has 0 bridgehead atoms. The maximum atomic E-state index is 5.95. The summed E-state index contributed by atoms with van der Waals surface area (Å²) in [5.41, 5.74) is 1.13. The fourth-order valence-corrected chi connectivity index (χ4v) is 2.69. The highest BCUT2D eigenvalue weighted by atomic mass is 127. The molecule has 1 aliphatic heterocycles. The molecule has 0 aliphatic carbocycles. The van der Waals surface area contributed by atoms with Crippen LogP contribution in [0.3, 0.4) is 0 Å². The largest absolute Gasteiger partial charge is 0.494 e. The number of nitrogens with one attached hydrogen (secondary N) is 2. The van der Waals surface area contributed by atoms with Gasteiger partial charge in [-0.2, -0.15) is 0 Å². The number of rotatable bonds is 6. The molecule has 6 nitrogen and oxygen atoms in total. The highest BCUT2D eigenvalue weighted by Gasteiger charge is 2.20. The monoisotopic (exact) mass is 483 g/mol. The van der Waals surface area contributed by atoms with E-state index in [0.717, 1.165) is 22.8 Å². The molecule has 2 aromatic carbocycles. The smallest absolute Gasteiger partial charge is 0.191 e. The van der Waals surface area contributed by atoms with Crippen LogP contribution in [-0.2, 0) is 6.54 Å². The van der Waals surface area contributed by atoms with Crippen molar-refractivity contribution in [1.82, 2.24) is 10.6 Å². The molecular formula is C20H26IN3O3. The van der Waals surface area contributed by atoms with Gasteiger partial charge in [0.05, 0.1) is 13.2 Å². The second-order valence-corrected chi connectivity index (χ2v) is 5.88. The Morgan fingerprint density at radius 2 is 1.96 bits per heavy atom. The van der Waals surface area contributed by atoms with Crippen molar-refractivity contribution in [2.45, 2.75) is 19.6 Å². The number of aliphatic imine (C=N–C) groups is 1. The van der Waals surface area contributed by atoms with E-state index >= 15 is 0 Å². The van der Waals surface area contributed by atoms with Gasteiger partial charge in [0.2, 0.25) is 0 Å². The normalized spacial score (nSPS) is 15.5. The van der Waals surface area contributed by atoms with Crippen molar-refractivity contribution in [2.24, 2.45) is 4.99 Å². The number of guanidine groups is 1. The quantitative estimate of drug-likeness (QED) is 0.376. The first-order valence-corrected chi connectivity index (χ1v) is 8.83. The molecule has 0 saturated carbocycles. The fourth-order valence-electron chi connectivity index (χ4n) is 2.69. The standard InChI is InChI=1S/C20H25N3O3.HI/c1-3-24-16-8-6-7-15(11-16)12-22-20(21-2)23-13-17-14-25-18-9-4-5-10-19(18)26-17;/h4-11,17H,3,12-14H2,1-2H3,(H2,21,22,23);1H. The molecule has 0 fully saturated rings. The number of halogens is 1. The zero-order chi connectivity index (χ0) is 18.2. The summed E-state index contributed by atoms with van der Waals surface area (Å²) in [7, 11) is 1.75. The molecule has 146 valence electrons. The topological polar surface area (TPSA) is 64.1 Å². The van der Waals surface area contributed by atoms with E-state index in [2.05, 4.69) is 21.7 Å². The van der Waals surface area contributed by atoms with Crippen LogP contribution in [0.15, 0.2) is 53.5 Å². The van der Waals surface area contributed by atoms with E-state index in [9.17, 15) is 0 Å². The van der Waals surface area contributed by atoms with Gasteiger partial charge in [0, 0.05) is 13.6 Å². The number of fused-ring (bicyclic) bond motifs is 1. The van der Waals surface area contributed by atoms with Crippen LogP contribution >= 0.6 is 24.0 Å². The van der Waals surface area contributed by atoms with E-state index in [0.29, 0.717) is 32.3 Å². The molecule has 1 atom stereocenters. The Kier molecular flexibility index (Phi) is 8.50. The van der Waals surface area contributed by atoms with Crippen molar-refractivity contribution in [2.75, 3.05) is 26.8 Å². The van der Waals surface area contributed by atoms with E-state index in [1.165, 1.54) is 0 Å². The summed E-state index contributed by atoms with van der Waals surface area (Å²) >= 11 is 0. The van der Waals surface area contributed by atoms with Gasteiger partial charge in [-0.25, -0.2) is 0 Å². The van der Waals surface area contributed by atoms with Gasteiger partial charge in [-0.3, -0.25) is 4.99 Å². The summed E-state index contributed by atoms with van der Waals surface area (Å²) < 4.78 is 17.2. The Labute approximate surface area is 177 Å². The molecule has 0 spiro atoms. The average Bonchev–Trinajstić information content (AvgIpc) is 2.68. The average molecular weight is 483 g/mol. The summed E-state index contributed by atoms with van der Waals surface area (Å²) in [5.74, 6) is 3.16. The third kappa shape index (κ3) is 6.20. The second kappa shape index (κ2) is 10.9. The van der Waals surface area contributed by atoms with Gasteiger partial charge in [0.15, 0.2) is 17.5 Å². The zero-order valence-corrected chi connectivity index (χ0v) is 17.9. The number of hydrogen-bond donors (Lipinski definition) is 2. The van der Waals surface area contributed by atoms with E-state index < -0.39 is 0 Å². The SMILES string of the molecule is CCOc1cccc(CNC(=NC)NCC2COc3ccccc3O2)c1.I. The van der Waals surface area contributed by atoms with Crippen LogP contribution in [0, 0.1) is 0 Å². The molecule has 0 aromatic heterocycles. The number of benzene rings is 2. The van der Waals surface area contributed by atoms with Crippen LogP contribution in [0.1, 0.15) is 12.5 Å². The Morgan fingerprint density at radius 3 is 2.74 bits per heavy atom. The molecule has 1 heterocycles. The molecule has 0 radical (unpaired) electrons. The molecule has 3 rings (SSSR count). The molecule has 1 aliphatic rings. The molecule has 0 saturated heterocycles. The second-order valence-electron chi connectivity index (χ2n) is 5.88. The van der Waals surface area contributed by atoms with Gasteiger partial charge in [0.1, 0.15) is 18.5 Å². The van der Waals surface area contributed by atoms with E-state index in [1.807, 2.05) is 49.4 Å². The van der Waals surface area contributed by atoms with Crippen molar-refractivity contribution in [3.8, 4) is 17.2 Å². The minimum absolute atomic E-state index is 0. The predicted octanol–water partition coefficient (Wildman–Crippen LogP) is 3.21. The highest BCUT2D eigenvalue weighted by molar-refractivity contribution is 14.0. The van der Waals surface area contributed by atoms with Crippen LogP contribution in [0.4, 0.5) is 0 Å². The maximum absolute atomic E-state index is 5.95. The lowest BCUT2D eigenvalue weighted by atomic mass is 10.2. The van der Waals surface area contributed by atoms with E-state index in [4.69, 9.17) is 14.2 Å². The van der Waals surface area contributed by atoms with Crippen LogP contribution in [0.5, 0.6) is 17.2 Å². The van der Waals surface area contributed by atoms with Gasteiger partial charge >= 0.3 is 0 Å². The summed E-state index contributed by atoms with van der Waals surface area (Å²) in [5, 5.41) is 6.58. The predicted molar refractivity (Wildman–Crippen MR) is 118 cm³/mol. The van der Waals surface area contributed by atoms with Crippen molar-refractivity contribution in [3.63, 3.8) is 0 Å². The Morgan fingerprint density at radius 1 is 1.15 bits per heavy atom. The molecule has 2 aromatic rings. The van der Waals surface area contributed by atoms with Crippen molar-refractivity contribution >= 4 is 29.9 Å². The molecule has 27 heavy (non-hydrogen) atoms. The molecule has 0 amide bonds. The molecule has 2 N–H and O–H groups in total. The first-order chi connectivity index (χ1) is 12.8.